The molecule has 1 N–H and O–H groups in total. The Balaban J connectivity index is 2.09. The highest BCUT2D eigenvalue weighted by Gasteiger charge is 2.21. The molecule has 1 aliphatic rings. The molecule has 0 saturated carbocycles. The van der Waals surface area contributed by atoms with Crippen molar-refractivity contribution in [2.45, 2.75) is 13.0 Å². The van der Waals surface area contributed by atoms with Gasteiger partial charge in [0.05, 0.1) is 26.4 Å². The van der Waals surface area contributed by atoms with E-state index in [9.17, 15) is 4.79 Å². The van der Waals surface area contributed by atoms with Crippen molar-refractivity contribution in [3.63, 3.8) is 0 Å². The maximum Gasteiger partial charge on any atom is 0.251 e. The second-order valence-corrected chi connectivity index (χ2v) is 3.89. The molecule has 16 heavy (non-hydrogen) atoms. The molecule has 4 nitrogen and oxygen atoms in total. The first-order valence-corrected chi connectivity index (χ1v) is 5.24. The van der Waals surface area contributed by atoms with Gasteiger partial charge in [0.2, 0.25) is 0 Å². The molecule has 0 bridgehead atoms. The van der Waals surface area contributed by atoms with E-state index < -0.39 is 0 Å². The standard InChI is InChI=1S/C12H15NO3/c1-8-3-4-9(5-11(8)15-2)12(14)13-10-6-16-7-10/h3-5,10H,6-7H2,1-2H3,(H,13,14). The maximum absolute atomic E-state index is 11.8. The number of hydrogen-bond acceptors (Lipinski definition) is 3. The van der Waals surface area contributed by atoms with E-state index in [2.05, 4.69) is 5.32 Å². The average molecular weight is 221 g/mol. The van der Waals surface area contributed by atoms with Crippen molar-refractivity contribution in [2.24, 2.45) is 0 Å². The molecule has 4 heteroatoms. The molecule has 1 fully saturated rings. The predicted octanol–water partition coefficient (Wildman–Crippen LogP) is 1.13. The van der Waals surface area contributed by atoms with Crippen LogP contribution in [-0.2, 0) is 4.74 Å². The van der Waals surface area contributed by atoms with Crippen LogP contribution in [0.15, 0.2) is 18.2 Å². The van der Waals surface area contributed by atoms with Crippen LogP contribution in [0.4, 0.5) is 0 Å². The van der Waals surface area contributed by atoms with Gasteiger partial charge in [0.15, 0.2) is 0 Å². The zero-order valence-corrected chi connectivity index (χ0v) is 9.45. The summed E-state index contributed by atoms with van der Waals surface area (Å²) in [6.45, 7) is 3.16. The Morgan fingerprint density at radius 3 is 2.81 bits per heavy atom. The van der Waals surface area contributed by atoms with Crippen LogP contribution < -0.4 is 10.1 Å². The molecule has 0 spiro atoms. The minimum atomic E-state index is -0.0772. The van der Waals surface area contributed by atoms with Gasteiger partial charge in [0, 0.05) is 5.56 Å². The molecule has 1 aliphatic heterocycles. The number of ether oxygens (including phenoxy) is 2. The van der Waals surface area contributed by atoms with E-state index >= 15 is 0 Å². The third-order valence-electron chi connectivity index (χ3n) is 2.64. The summed E-state index contributed by atoms with van der Waals surface area (Å²) >= 11 is 0. The van der Waals surface area contributed by atoms with Crippen molar-refractivity contribution in [3.05, 3.63) is 29.3 Å². The average Bonchev–Trinajstić information content (AvgIpc) is 2.24. The molecule has 1 aromatic rings. The first-order chi connectivity index (χ1) is 7.70. The van der Waals surface area contributed by atoms with Crippen molar-refractivity contribution in [3.8, 4) is 5.75 Å². The summed E-state index contributed by atoms with van der Waals surface area (Å²) in [5.41, 5.74) is 1.64. The van der Waals surface area contributed by atoms with E-state index in [4.69, 9.17) is 9.47 Å². The molecule has 0 aliphatic carbocycles. The number of rotatable bonds is 3. The monoisotopic (exact) mass is 221 g/mol. The third kappa shape index (κ3) is 2.17. The molecule has 0 unspecified atom stereocenters. The van der Waals surface area contributed by atoms with Crippen LogP contribution in [0.1, 0.15) is 15.9 Å². The summed E-state index contributed by atoms with van der Waals surface area (Å²) in [6, 6.07) is 5.59. The molecular formula is C12H15NO3. The van der Waals surface area contributed by atoms with Gasteiger partial charge in [-0.3, -0.25) is 4.79 Å². The Morgan fingerprint density at radius 2 is 2.25 bits per heavy atom. The van der Waals surface area contributed by atoms with E-state index in [0.29, 0.717) is 18.8 Å². The normalized spacial score (nSPS) is 15.4. The van der Waals surface area contributed by atoms with Gasteiger partial charge in [-0.2, -0.15) is 0 Å². The largest absolute Gasteiger partial charge is 0.496 e. The van der Waals surface area contributed by atoms with Gasteiger partial charge in [-0.25, -0.2) is 0 Å². The number of benzene rings is 1. The van der Waals surface area contributed by atoms with Crippen LogP contribution >= 0.6 is 0 Å². The Labute approximate surface area is 94.6 Å². The van der Waals surface area contributed by atoms with Crippen molar-refractivity contribution in [1.82, 2.24) is 5.32 Å². The SMILES string of the molecule is COc1cc(C(=O)NC2COC2)ccc1C. The zero-order valence-electron chi connectivity index (χ0n) is 9.45. The minimum absolute atomic E-state index is 0.0772. The second-order valence-electron chi connectivity index (χ2n) is 3.89. The van der Waals surface area contributed by atoms with Crippen LogP contribution in [0, 0.1) is 6.92 Å². The van der Waals surface area contributed by atoms with Crippen molar-refractivity contribution in [2.75, 3.05) is 20.3 Å². The highest BCUT2D eigenvalue weighted by atomic mass is 16.5. The molecule has 1 amide bonds. The van der Waals surface area contributed by atoms with Crippen LogP contribution in [0.2, 0.25) is 0 Å². The summed E-state index contributed by atoms with van der Waals surface area (Å²) in [4.78, 5) is 11.8. The number of aryl methyl sites for hydroxylation is 1. The van der Waals surface area contributed by atoms with Crippen LogP contribution in [0.25, 0.3) is 0 Å². The minimum Gasteiger partial charge on any atom is -0.496 e. The summed E-state index contributed by atoms with van der Waals surface area (Å²) < 4.78 is 10.2. The predicted molar refractivity (Wildman–Crippen MR) is 59.8 cm³/mol. The Kier molecular flexibility index (Phi) is 3.10. The summed E-state index contributed by atoms with van der Waals surface area (Å²) in [5.74, 6) is 0.657. The van der Waals surface area contributed by atoms with E-state index in [1.165, 1.54) is 0 Å². The van der Waals surface area contributed by atoms with Gasteiger partial charge in [0.25, 0.3) is 5.91 Å². The molecule has 0 aromatic heterocycles. The van der Waals surface area contributed by atoms with Crippen LogP contribution in [0.3, 0.4) is 0 Å². The molecule has 0 radical (unpaired) electrons. The number of methoxy groups -OCH3 is 1. The molecule has 1 saturated heterocycles. The van der Waals surface area contributed by atoms with Crippen molar-refractivity contribution in [1.29, 1.82) is 0 Å². The van der Waals surface area contributed by atoms with Gasteiger partial charge in [0.1, 0.15) is 5.75 Å². The number of amides is 1. The lowest BCUT2D eigenvalue weighted by Crippen LogP contribution is -2.48. The second kappa shape index (κ2) is 4.53. The Hall–Kier alpha value is -1.55. The number of hydrogen-bond donors (Lipinski definition) is 1. The number of carbonyl (C=O) groups is 1. The lowest BCUT2D eigenvalue weighted by atomic mass is 10.1. The molecular weight excluding hydrogens is 206 g/mol. The fraction of sp³-hybridized carbons (Fsp3) is 0.417. The van der Waals surface area contributed by atoms with Crippen molar-refractivity contribution < 1.29 is 14.3 Å². The number of carbonyl (C=O) groups excluding carboxylic acids is 1. The topological polar surface area (TPSA) is 47.6 Å². The lowest BCUT2D eigenvalue weighted by molar-refractivity contribution is -0.00346. The first kappa shape index (κ1) is 11.0. The Morgan fingerprint density at radius 1 is 1.50 bits per heavy atom. The van der Waals surface area contributed by atoms with E-state index in [1.54, 1.807) is 19.2 Å². The van der Waals surface area contributed by atoms with Crippen LogP contribution in [-0.4, -0.2) is 32.3 Å². The van der Waals surface area contributed by atoms with Crippen molar-refractivity contribution >= 4 is 5.91 Å². The summed E-state index contributed by atoms with van der Waals surface area (Å²) in [7, 11) is 1.60. The van der Waals surface area contributed by atoms with Crippen LogP contribution in [0.5, 0.6) is 5.75 Å². The van der Waals surface area contributed by atoms with E-state index in [0.717, 1.165) is 11.3 Å². The van der Waals surface area contributed by atoms with E-state index in [-0.39, 0.29) is 11.9 Å². The van der Waals surface area contributed by atoms with Gasteiger partial charge >= 0.3 is 0 Å². The van der Waals surface area contributed by atoms with Gasteiger partial charge in [-0.15, -0.1) is 0 Å². The maximum atomic E-state index is 11.8. The highest BCUT2D eigenvalue weighted by molar-refractivity contribution is 5.95. The van der Waals surface area contributed by atoms with E-state index in [1.807, 2.05) is 13.0 Å². The quantitative estimate of drug-likeness (QED) is 0.832. The van der Waals surface area contributed by atoms with Gasteiger partial charge in [-0.05, 0) is 24.6 Å². The van der Waals surface area contributed by atoms with Gasteiger partial charge in [-0.1, -0.05) is 6.07 Å². The Bertz CT molecular complexity index is 399. The third-order valence-corrected chi connectivity index (χ3v) is 2.64. The molecule has 1 aromatic carbocycles. The molecule has 86 valence electrons. The first-order valence-electron chi connectivity index (χ1n) is 5.24. The zero-order chi connectivity index (χ0) is 11.5. The lowest BCUT2D eigenvalue weighted by Gasteiger charge is -2.26. The summed E-state index contributed by atoms with van der Waals surface area (Å²) in [5, 5.41) is 2.88. The molecule has 2 rings (SSSR count). The smallest absolute Gasteiger partial charge is 0.251 e. The molecule has 1 heterocycles. The number of nitrogens with one attached hydrogen (secondary N) is 1. The fourth-order valence-corrected chi connectivity index (χ4v) is 1.55. The summed E-state index contributed by atoms with van der Waals surface area (Å²) in [6.07, 6.45) is 0. The highest BCUT2D eigenvalue weighted by Crippen LogP contribution is 2.19. The van der Waals surface area contributed by atoms with Gasteiger partial charge < -0.3 is 14.8 Å². The fourth-order valence-electron chi connectivity index (χ4n) is 1.55. The molecule has 0 atom stereocenters.